The molecule has 0 spiro atoms. The highest BCUT2D eigenvalue weighted by molar-refractivity contribution is 9.10. The van der Waals surface area contributed by atoms with Crippen LogP contribution in [0, 0.1) is 13.8 Å². The molecule has 0 radical (unpaired) electrons. The molecular formula is C20H23BrN2O6. The van der Waals surface area contributed by atoms with Gasteiger partial charge in [0.15, 0.2) is 17.0 Å². The Kier molecular flexibility index (Phi) is 6.92. The average molecular weight is 467 g/mol. The fourth-order valence-corrected chi connectivity index (χ4v) is 3.61. The van der Waals surface area contributed by atoms with E-state index in [1.54, 1.807) is 12.1 Å². The van der Waals surface area contributed by atoms with E-state index in [4.69, 9.17) is 13.9 Å². The molecule has 29 heavy (non-hydrogen) atoms. The zero-order chi connectivity index (χ0) is 21.0. The molecule has 0 saturated carbocycles. The van der Waals surface area contributed by atoms with E-state index in [2.05, 4.69) is 25.8 Å². The molecule has 0 aromatic carbocycles. The Hall–Kier alpha value is -2.39. The molecule has 3 rings (SSSR count). The second-order valence-electron chi connectivity index (χ2n) is 6.90. The first-order chi connectivity index (χ1) is 13.8. The number of Topliss-reactive ketones (excluding diaryl/α,β-unsaturated/α-hetero) is 1. The van der Waals surface area contributed by atoms with E-state index in [0.717, 1.165) is 30.8 Å². The number of nitrogens with zero attached hydrogens (tertiary/aromatic N) is 1. The van der Waals surface area contributed by atoms with Crippen molar-refractivity contribution in [3.8, 4) is 0 Å². The molecule has 1 unspecified atom stereocenters. The SMILES string of the molecule is Cc1cc(C(=O)COC(=O)CNC(=O)c2ccc(Br)o2)c(C)n1CC1CCCO1. The van der Waals surface area contributed by atoms with Gasteiger partial charge in [0, 0.05) is 30.1 Å². The highest BCUT2D eigenvalue weighted by Crippen LogP contribution is 2.20. The highest BCUT2D eigenvalue weighted by Gasteiger charge is 2.22. The lowest BCUT2D eigenvalue weighted by molar-refractivity contribution is -0.141. The van der Waals surface area contributed by atoms with Gasteiger partial charge in [0.1, 0.15) is 6.54 Å². The van der Waals surface area contributed by atoms with Crippen molar-refractivity contribution in [1.29, 1.82) is 0 Å². The number of halogens is 1. The summed E-state index contributed by atoms with van der Waals surface area (Å²) in [5.74, 6) is -1.46. The Morgan fingerprint density at radius 3 is 2.76 bits per heavy atom. The molecule has 2 aromatic heterocycles. The quantitative estimate of drug-likeness (QED) is 0.474. The number of carbonyl (C=O) groups is 3. The molecule has 1 amide bonds. The van der Waals surface area contributed by atoms with Gasteiger partial charge in [0.05, 0.1) is 6.10 Å². The Balaban J connectivity index is 1.49. The van der Waals surface area contributed by atoms with Crippen LogP contribution in [0.15, 0.2) is 27.3 Å². The maximum Gasteiger partial charge on any atom is 0.325 e. The number of hydrogen-bond acceptors (Lipinski definition) is 6. The largest absolute Gasteiger partial charge is 0.456 e. The summed E-state index contributed by atoms with van der Waals surface area (Å²) in [4.78, 5) is 36.2. The van der Waals surface area contributed by atoms with Gasteiger partial charge in [-0.05, 0) is 60.8 Å². The van der Waals surface area contributed by atoms with E-state index in [9.17, 15) is 14.4 Å². The second kappa shape index (κ2) is 9.41. The molecule has 1 saturated heterocycles. The molecule has 156 valence electrons. The van der Waals surface area contributed by atoms with Gasteiger partial charge in [-0.3, -0.25) is 14.4 Å². The molecule has 2 aromatic rings. The number of hydrogen-bond donors (Lipinski definition) is 1. The maximum atomic E-state index is 12.5. The van der Waals surface area contributed by atoms with Gasteiger partial charge >= 0.3 is 5.97 Å². The molecular weight excluding hydrogens is 444 g/mol. The summed E-state index contributed by atoms with van der Waals surface area (Å²) in [6.07, 6.45) is 2.23. The van der Waals surface area contributed by atoms with Crippen LogP contribution in [0.1, 0.15) is 45.1 Å². The minimum absolute atomic E-state index is 0.0689. The van der Waals surface area contributed by atoms with Crippen molar-refractivity contribution in [2.75, 3.05) is 19.8 Å². The van der Waals surface area contributed by atoms with Crippen LogP contribution in [0.4, 0.5) is 0 Å². The van der Waals surface area contributed by atoms with Gasteiger partial charge in [-0.15, -0.1) is 0 Å². The lowest BCUT2D eigenvalue weighted by atomic mass is 10.1. The van der Waals surface area contributed by atoms with Gasteiger partial charge in [-0.1, -0.05) is 0 Å². The first-order valence-electron chi connectivity index (χ1n) is 9.36. The van der Waals surface area contributed by atoms with Crippen LogP contribution in [0.5, 0.6) is 0 Å². The van der Waals surface area contributed by atoms with Gasteiger partial charge < -0.3 is 23.8 Å². The summed E-state index contributed by atoms with van der Waals surface area (Å²) in [7, 11) is 0. The Morgan fingerprint density at radius 2 is 2.10 bits per heavy atom. The fraction of sp³-hybridized carbons (Fsp3) is 0.450. The van der Waals surface area contributed by atoms with Gasteiger partial charge in [0.25, 0.3) is 5.91 Å². The molecule has 1 aliphatic heterocycles. The van der Waals surface area contributed by atoms with E-state index >= 15 is 0 Å². The van der Waals surface area contributed by atoms with Crippen LogP contribution >= 0.6 is 15.9 Å². The van der Waals surface area contributed by atoms with Gasteiger partial charge in [0.2, 0.25) is 5.78 Å². The predicted octanol–water partition coefficient (Wildman–Crippen LogP) is 2.80. The van der Waals surface area contributed by atoms with Gasteiger partial charge in [-0.2, -0.15) is 0 Å². The first kappa shape index (κ1) is 21.3. The predicted molar refractivity (Wildman–Crippen MR) is 107 cm³/mol. The number of amides is 1. The summed E-state index contributed by atoms with van der Waals surface area (Å²) in [6.45, 7) is 4.55. The van der Waals surface area contributed by atoms with Crippen molar-refractivity contribution >= 4 is 33.6 Å². The molecule has 1 atom stereocenters. The minimum atomic E-state index is -0.703. The molecule has 9 heteroatoms. The van der Waals surface area contributed by atoms with Gasteiger partial charge in [-0.25, -0.2) is 0 Å². The average Bonchev–Trinajstić information content (AvgIpc) is 3.42. The van der Waals surface area contributed by atoms with E-state index in [0.29, 0.717) is 16.8 Å². The summed E-state index contributed by atoms with van der Waals surface area (Å²) in [5, 5.41) is 2.38. The highest BCUT2D eigenvalue weighted by atomic mass is 79.9. The number of furan rings is 1. The van der Waals surface area contributed by atoms with E-state index in [-0.39, 0.29) is 30.8 Å². The number of aromatic nitrogens is 1. The third kappa shape index (κ3) is 5.36. The fourth-order valence-electron chi connectivity index (χ4n) is 3.31. The summed E-state index contributed by atoms with van der Waals surface area (Å²) in [5.41, 5.74) is 2.32. The number of rotatable bonds is 8. The summed E-state index contributed by atoms with van der Waals surface area (Å²) < 4.78 is 18.3. The molecule has 1 aliphatic rings. The molecule has 8 nitrogen and oxygen atoms in total. The first-order valence-corrected chi connectivity index (χ1v) is 10.1. The molecule has 3 heterocycles. The third-order valence-electron chi connectivity index (χ3n) is 4.84. The van der Waals surface area contributed by atoms with E-state index in [1.807, 2.05) is 13.8 Å². The monoisotopic (exact) mass is 466 g/mol. The smallest absolute Gasteiger partial charge is 0.325 e. The molecule has 1 fully saturated rings. The van der Waals surface area contributed by atoms with Crippen molar-refractivity contribution in [3.05, 3.63) is 45.6 Å². The van der Waals surface area contributed by atoms with Crippen LogP contribution < -0.4 is 5.32 Å². The van der Waals surface area contributed by atoms with Crippen LogP contribution in [-0.2, 0) is 20.8 Å². The van der Waals surface area contributed by atoms with Crippen LogP contribution in [0.25, 0.3) is 0 Å². The van der Waals surface area contributed by atoms with Crippen LogP contribution in [0.2, 0.25) is 0 Å². The van der Waals surface area contributed by atoms with Crippen LogP contribution in [-0.4, -0.2) is 48.1 Å². The number of nitrogens with one attached hydrogen (secondary N) is 1. The van der Waals surface area contributed by atoms with Crippen molar-refractivity contribution in [1.82, 2.24) is 9.88 Å². The van der Waals surface area contributed by atoms with E-state index in [1.165, 1.54) is 6.07 Å². The lowest BCUT2D eigenvalue weighted by Gasteiger charge is -2.14. The normalized spacial score (nSPS) is 16.0. The molecule has 0 aliphatic carbocycles. The van der Waals surface area contributed by atoms with Crippen molar-refractivity contribution in [2.24, 2.45) is 0 Å². The standard InChI is InChI=1S/C20H23BrN2O6/c1-12-8-15(13(2)23(12)10-14-4-3-7-27-14)16(24)11-28-19(25)9-22-20(26)17-5-6-18(21)29-17/h5-6,8,14H,3-4,7,9-11H2,1-2H3,(H,22,26). The lowest BCUT2D eigenvalue weighted by Crippen LogP contribution is -2.31. The number of carbonyl (C=O) groups excluding carboxylic acids is 3. The summed E-state index contributed by atoms with van der Waals surface area (Å²) >= 11 is 3.10. The van der Waals surface area contributed by atoms with Crippen molar-refractivity contribution in [2.45, 2.75) is 39.3 Å². The minimum Gasteiger partial charge on any atom is -0.456 e. The van der Waals surface area contributed by atoms with Crippen molar-refractivity contribution in [3.63, 3.8) is 0 Å². The Morgan fingerprint density at radius 1 is 1.31 bits per heavy atom. The Labute approximate surface area is 176 Å². The number of aryl methyl sites for hydroxylation is 1. The third-order valence-corrected chi connectivity index (χ3v) is 5.26. The van der Waals surface area contributed by atoms with E-state index < -0.39 is 11.9 Å². The molecule has 1 N–H and O–H groups in total. The maximum absolute atomic E-state index is 12.5. The topological polar surface area (TPSA) is 99.8 Å². The zero-order valence-corrected chi connectivity index (χ0v) is 17.9. The summed E-state index contributed by atoms with van der Waals surface area (Å²) in [6, 6.07) is 4.85. The zero-order valence-electron chi connectivity index (χ0n) is 16.3. The van der Waals surface area contributed by atoms with Crippen LogP contribution in [0.3, 0.4) is 0 Å². The number of ketones is 1. The number of ether oxygens (including phenoxy) is 2. The molecule has 0 bridgehead atoms. The second-order valence-corrected chi connectivity index (χ2v) is 7.68. The van der Waals surface area contributed by atoms with Crippen molar-refractivity contribution < 1.29 is 28.3 Å². The number of esters is 1. The Bertz CT molecular complexity index is 910.